The molecule has 5 fully saturated rings. The highest BCUT2D eigenvalue weighted by molar-refractivity contribution is 5.81. The summed E-state index contributed by atoms with van der Waals surface area (Å²) in [6.45, 7) is -0.0971. The number of imidazole rings is 1. The van der Waals surface area contributed by atoms with Crippen LogP contribution in [0.3, 0.4) is 0 Å². The third-order valence-corrected chi connectivity index (χ3v) is 7.89. The summed E-state index contributed by atoms with van der Waals surface area (Å²) < 4.78 is 13.0. The molecule has 31 heavy (non-hydrogen) atoms. The number of nitrogens with zero attached hydrogens (tertiary/aromatic N) is 4. The third-order valence-electron chi connectivity index (χ3n) is 7.89. The molecule has 0 aromatic carbocycles. The monoisotopic (exact) mass is 429 g/mol. The minimum atomic E-state index is -1.22. The Balaban J connectivity index is 1.14. The topological polar surface area (TPSA) is 146 Å². The van der Waals surface area contributed by atoms with Crippen molar-refractivity contribution in [3.63, 3.8) is 0 Å². The summed E-state index contributed by atoms with van der Waals surface area (Å²) in [5.74, 6) is 2.42. The van der Waals surface area contributed by atoms with Crippen LogP contribution in [-0.4, -0.2) is 60.6 Å². The highest BCUT2D eigenvalue weighted by Gasteiger charge is 2.52. The van der Waals surface area contributed by atoms with Crippen molar-refractivity contribution in [2.45, 2.75) is 56.6 Å². The first kappa shape index (κ1) is 19.4. The molecule has 4 aliphatic carbocycles. The van der Waals surface area contributed by atoms with Crippen LogP contribution in [0, 0.1) is 29.6 Å². The normalized spacial score (nSPS) is 41.2. The number of anilines is 1. The maximum atomic E-state index is 12.9. The second-order valence-corrected chi connectivity index (χ2v) is 9.72. The fourth-order valence-corrected chi connectivity index (χ4v) is 6.72. The standard InChI is InChI=1S/C21H27N5O5/c22-18-15-19(24-7-23-18)26(8-25-15)20-17(28)16(27)13(31-20)6-30-21(29)14-11-2-9-1-10(4-11)5-12(14)3-9/h7-14,16-17,20,27-28H,1-6H2,(H2,22,23,24). The van der Waals surface area contributed by atoms with Crippen LogP contribution in [0.25, 0.3) is 11.2 Å². The molecule has 4 N–H and O–H groups in total. The van der Waals surface area contributed by atoms with Crippen LogP contribution in [0.4, 0.5) is 5.82 Å². The van der Waals surface area contributed by atoms with E-state index in [2.05, 4.69) is 15.0 Å². The molecule has 2 aromatic heterocycles. The number of hydrogen-bond donors (Lipinski definition) is 3. The number of rotatable bonds is 4. The lowest BCUT2D eigenvalue weighted by Crippen LogP contribution is -2.49. The van der Waals surface area contributed by atoms with E-state index in [4.69, 9.17) is 15.2 Å². The molecule has 7 rings (SSSR count). The lowest BCUT2D eigenvalue weighted by atomic mass is 9.52. The van der Waals surface area contributed by atoms with E-state index in [1.165, 1.54) is 23.6 Å². The maximum Gasteiger partial charge on any atom is 0.309 e. The minimum absolute atomic E-state index is 0.0377. The van der Waals surface area contributed by atoms with Crippen molar-refractivity contribution < 1.29 is 24.5 Å². The summed E-state index contributed by atoms with van der Waals surface area (Å²) in [7, 11) is 0. The molecular weight excluding hydrogens is 402 g/mol. The maximum absolute atomic E-state index is 12.9. The molecule has 1 aliphatic heterocycles. The molecule has 166 valence electrons. The quantitative estimate of drug-likeness (QED) is 0.596. The van der Waals surface area contributed by atoms with Gasteiger partial charge >= 0.3 is 5.97 Å². The number of nitrogen functional groups attached to an aromatic ring is 1. The molecule has 4 saturated carbocycles. The van der Waals surface area contributed by atoms with E-state index in [0.717, 1.165) is 37.5 Å². The Morgan fingerprint density at radius 2 is 1.81 bits per heavy atom. The van der Waals surface area contributed by atoms with Gasteiger partial charge in [0.1, 0.15) is 36.8 Å². The number of nitrogens with two attached hydrogens (primary N) is 1. The van der Waals surface area contributed by atoms with Gasteiger partial charge in [0.2, 0.25) is 0 Å². The van der Waals surface area contributed by atoms with Crippen molar-refractivity contribution >= 4 is 23.0 Å². The van der Waals surface area contributed by atoms with E-state index in [1.54, 1.807) is 0 Å². The van der Waals surface area contributed by atoms with Gasteiger partial charge in [-0.25, -0.2) is 15.0 Å². The van der Waals surface area contributed by atoms with Gasteiger partial charge < -0.3 is 25.4 Å². The van der Waals surface area contributed by atoms with Crippen LogP contribution < -0.4 is 5.73 Å². The second kappa shape index (κ2) is 7.11. The van der Waals surface area contributed by atoms with Gasteiger partial charge in [0.15, 0.2) is 17.7 Å². The molecule has 4 unspecified atom stereocenters. The Morgan fingerprint density at radius 3 is 2.52 bits per heavy atom. The molecule has 1 saturated heterocycles. The van der Waals surface area contributed by atoms with Crippen molar-refractivity contribution in [1.82, 2.24) is 19.5 Å². The fraction of sp³-hybridized carbons (Fsp3) is 0.714. The SMILES string of the molecule is Nc1ncnc2c1ncn2C1OC(COC(=O)C2C3CC4CC(C3)CC2C4)C(O)C1O. The van der Waals surface area contributed by atoms with E-state index in [9.17, 15) is 15.0 Å². The van der Waals surface area contributed by atoms with Crippen LogP contribution in [0.2, 0.25) is 0 Å². The van der Waals surface area contributed by atoms with Gasteiger partial charge in [0.05, 0.1) is 12.2 Å². The summed E-state index contributed by atoms with van der Waals surface area (Å²) >= 11 is 0. The van der Waals surface area contributed by atoms with Gasteiger partial charge in [0.25, 0.3) is 0 Å². The number of carbonyl (C=O) groups excluding carboxylic acids is 1. The van der Waals surface area contributed by atoms with Gasteiger partial charge in [-0.15, -0.1) is 0 Å². The van der Waals surface area contributed by atoms with E-state index in [-0.39, 0.29) is 24.3 Å². The molecule has 2 aromatic rings. The van der Waals surface area contributed by atoms with Crippen LogP contribution >= 0.6 is 0 Å². The van der Waals surface area contributed by atoms with Gasteiger partial charge in [-0.3, -0.25) is 9.36 Å². The molecular formula is C21H27N5O5. The number of carbonyl (C=O) groups is 1. The number of aliphatic hydroxyl groups excluding tert-OH is 2. The largest absolute Gasteiger partial charge is 0.463 e. The summed E-state index contributed by atoms with van der Waals surface area (Å²) in [5.41, 5.74) is 6.61. The molecule has 0 radical (unpaired) electrons. The van der Waals surface area contributed by atoms with Crippen molar-refractivity contribution in [2.24, 2.45) is 29.6 Å². The average Bonchev–Trinajstić information content (AvgIpc) is 3.28. The van der Waals surface area contributed by atoms with E-state index in [0.29, 0.717) is 23.0 Å². The number of hydrogen-bond acceptors (Lipinski definition) is 9. The number of fused-ring (bicyclic) bond motifs is 1. The molecule has 0 amide bonds. The van der Waals surface area contributed by atoms with Gasteiger partial charge in [0, 0.05) is 0 Å². The molecule has 10 nitrogen and oxygen atoms in total. The van der Waals surface area contributed by atoms with Gasteiger partial charge in [-0.1, -0.05) is 0 Å². The van der Waals surface area contributed by atoms with Crippen molar-refractivity contribution in [3.8, 4) is 0 Å². The van der Waals surface area contributed by atoms with E-state index >= 15 is 0 Å². The van der Waals surface area contributed by atoms with Gasteiger partial charge in [-0.05, 0) is 55.8 Å². The Bertz CT molecular complexity index is 983. The van der Waals surface area contributed by atoms with Crippen LogP contribution in [-0.2, 0) is 14.3 Å². The lowest BCUT2D eigenvalue weighted by molar-refractivity contribution is -0.168. The van der Waals surface area contributed by atoms with Crippen LogP contribution in [0.1, 0.15) is 38.3 Å². The number of aromatic nitrogens is 4. The highest BCUT2D eigenvalue weighted by atomic mass is 16.6. The number of aliphatic hydroxyl groups is 2. The summed E-state index contributed by atoms with van der Waals surface area (Å²) in [5, 5.41) is 21.1. The minimum Gasteiger partial charge on any atom is -0.463 e. The Hall–Kier alpha value is -2.30. The predicted molar refractivity (Wildman–Crippen MR) is 107 cm³/mol. The van der Waals surface area contributed by atoms with Crippen molar-refractivity contribution in [3.05, 3.63) is 12.7 Å². The average molecular weight is 429 g/mol. The molecule has 4 bridgehead atoms. The van der Waals surface area contributed by atoms with Crippen LogP contribution in [0.15, 0.2) is 12.7 Å². The summed E-state index contributed by atoms with van der Waals surface area (Å²) in [4.78, 5) is 25.2. The molecule has 0 spiro atoms. The Labute approximate surface area is 178 Å². The summed E-state index contributed by atoms with van der Waals surface area (Å²) in [6, 6.07) is 0. The van der Waals surface area contributed by atoms with Crippen molar-refractivity contribution in [2.75, 3.05) is 12.3 Å². The highest BCUT2D eigenvalue weighted by Crippen LogP contribution is 2.56. The zero-order valence-electron chi connectivity index (χ0n) is 17.1. The molecule has 5 aliphatic rings. The zero-order chi connectivity index (χ0) is 21.3. The van der Waals surface area contributed by atoms with E-state index < -0.39 is 24.5 Å². The number of ether oxygens (including phenoxy) is 2. The van der Waals surface area contributed by atoms with Crippen molar-refractivity contribution in [1.29, 1.82) is 0 Å². The van der Waals surface area contributed by atoms with Crippen LogP contribution in [0.5, 0.6) is 0 Å². The molecule has 4 atom stereocenters. The molecule has 3 heterocycles. The number of esters is 1. The third kappa shape index (κ3) is 3.03. The summed E-state index contributed by atoms with van der Waals surface area (Å²) in [6.07, 6.45) is 4.43. The van der Waals surface area contributed by atoms with Gasteiger partial charge in [-0.2, -0.15) is 0 Å². The first-order valence-corrected chi connectivity index (χ1v) is 11.1. The Morgan fingerprint density at radius 1 is 1.10 bits per heavy atom. The lowest BCUT2D eigenvalue weighted by Gasteiger charge is -2.53. The first-order chi connectivity index (χ1) is 15.0. The first-order valence-electron chi connectivity index (χ1n) is 11.1. The fourth-order valence-electron chi connectivity index (χ4n) is 6.72. The second-order valence-electron chi connectivity index (χ2n) is 9.72. The smallest absolute Gasteiger partial charge is 0.309 e. The van der Waals surface area contributed by atoms with E-state index in [1.807, 2.05) is 0 Å². The Kier molecular flexibility index (Phi) is 4.45. The zero-order valence-corrected chi connectivity index (χ0v) is 17.1. The predicted octanol–water partition coefficient (Wildman–Crippen LogP) is 0.643. The molecule has 10 heteroatoms.